The maximum absolute atomic E-state index is 12.0. The molecule has 0 unspecified atom stereocenters. The number of hydrogen-bond acceptors (Lipinski definition) is 4. The van der Waals surface area contributed by atoms with Gasteiger partial charge in [-0.3, -0.25) is 4.79 Å². The highest BCUT2D eigenvalue weighted by atomic mass is 16.7. The van der Waals surface area contributed by atoms with Gasteiger partial charge in [0.15, 0.2) is 5.79 Å². The second-order valence-electron chi connectivity index (χ2n) is 5.51. The molecule has 5 heteroatoms. The summed E-state index contributed by atoms with van der Waals surface area (Å²) in [5, 5.41) is 2.90. The fourth-order valence-electron chi connectivity index (χ4n) is 2.41. The first-order valence-corrected chi connectivity index (χ1v) is 6.98. The zero-order valence-electron chi connectivity index (χ0n) is 12.3. The molecule has 0 spiro atoms. The molecule has 110 valence electrons. The summed E-state index contributed by atoms with van der Waals surface area (Å²) in [5.74, 6) is -0.378. The van der Waals surface area contributed by atoms with E-state index in [1.807, 2.05) is 26.0 Å². The van der Waals surface area contributed by atoms with E-state index in [9.17, 15) is 4.79 Å². The van der Waals surface area contributed by atoms with Crippen LogP contribution in [0.3, 0.4) is 0 Å². The van der Waals surface area contributed by atoms with Crippen LogP contribution in [0.5, 0.6) is 0 Å². The molecule has 1 amide bonds. The van der Waals surface area contributed by atoms with E-state index >= 15 is 0 Å². The van der Waals surface area contributed by atoms with Crippen LogP contribution in [0, 0.1) is 12.8 Å². The number of pyridine rings is 1. The molecule has 1 aliphatic rings. The molecule has 5 nitrogen and oxygen atoms in total. The van der Waals surface area contributed by atoms with Crippen molar-refractivity contribution in [3.63, 3.8) is 0 Å². The van der Waals surface area contributed by atoms with E-state index in [-0.39, 0.29) is 11.8 Å². The van der Waals surface area contributed by atoms with Gasteiger partial charge in [-0.1, -0.05) is 13.0 Å². The lowest BCUT2D eigenvalue weighted by molar-refractivity contribution is -0.153. The molecular formula is C15H22N2O3. The minimum absolute atomic E-state index is 0.140. The summed E-state index contributed by atoms with van der Waals surface area (Å²) in [5.41, 5.74) is 1.29. The minimum atomic E-state index is -0.508. The molecule has 0 aliphatic carbocycles. The van der Waals surface area contributed by atoms with E-state index in [4.69, 9.17) is 9.47 Å². The van der Waals surface area contributed by atoms with Gasteiger partial charge in [0.2, 0.25) is 0 Å². The third-order valence-corrected chi connectivity index (χ3v) is 3.35. The van der Waals surface area contributed by atoms with Crippen molar-refractivity contribution in [2.24, 2.45) is 5.92 Å². The van der Waals surface area contributed by atoms with Crippen molar-refractivity contribution < 1.29 is 14.3 Å². The lowest BCUT2D eigenvalue weighted by Gasteiger charge is -2.25. The SMILES string of the molecule is Cc1cccc(C(=O)NC[C@@H](C)CC2(C)OCCO2)n1. The van der Waals surface area contributed by atoms with E-state index < -0.39 is 5.79 Å². The van der Waals surface area contributed by atoms with Gasteiger partial charge in [0.25, 0.3) is 5.91 Å². The number of aryl methyl sites for hydroxylation is 1. The monoisotopic (exact) mass is 278 g/mol. The Bertz CT molecular complexity index is 470. The first-order chi connectivity index (χ1) is 9.48. The number of carbonyl (C=O) groups is 1. The van der Waals surface area contributed by atoms with E-state index in [1.165, 1.54) is 0 Å². The van der Waals surface area contributed by atoms with Crippen molar-refractivity contribution in [2.75, 3.05) is 19.8 Å². The Labute approximate surface area is 119 Å². The van der Waals surface area contributed by atoms with E-state index in [0.717, 1.165) is 12.1 Å². The molecule has 1 fully saturated rings. The molecule has 1 aromatic rings. The lowest BCUT2D eigenvalue weighted by atomic mass is 10.0. The Balaban J connectivity index is 1.81. The van der Waals surface area contributed by atoms with Gasteiger partial charge < -0.3 is 14.8 Å². The van der Waals surface area contributed by atoms with Crippen molar-refractivity contribution >= 4 is 5.91 Å². The summed E-state index contributed by atoms with van der Waals surface area (Å²) in [7, 11) is 0. The maximum atomic E-state index is 12.0. The van der Waals surface area contributed by atoms with Crippen LogP contribution in [-0.2, 0) is 9.47 Å². The van der Waals surface area contributed by atoms with Gasteiger partial charge in [-0.05, 0) is 31.9 Å². The minimum Gasteiger partial charge on any atom is -0.350 e. The highest BCUT2D eigenvalue weighted by Crippen LogP contribution is 2.26. The summed E-state index contributed by atoms with van der Waals surface area (Å²) in [6.07, 6.45) is 0.758. The third kappa shape index (κ3) is 4.02. The van der Waals surface area contributed by atoms with Crippen molar-refractivity contribution in [3.8, 4) is 0 Å². The number of aromatic nitrogens is 1. The molecule has 2 rings (SSSR count). The highest BCUT2D eigenvalue weighted by Gasteiger charge is 2.32. The van der Waals surface area contributed by atoms with Crippen LogP contribution in [0.15, 0.2) is 18.2 Å². The molecule has 1 atom stereocenters. The average molecular weight is 278 g/mol. The van der Waals surface area contributed by atoms with Crippen LogP contribution >= 0.6 is 0 Å². The molecule has 1 saturated heterocycles. The molecule has 1 aliphatic heterocycles. The highest BCUT2D eigenvalue weighted by molar-refractivity contribution is 5.92. The van der Waals surface area contributed by atoms with Gasteiger partial charge in [-0.2, -0.15) is 0 Å². The molecule has 0 radical (unpaired) electrons. The van der Waals surface area contributed by atoms with E-state index in [0.29, 0.717) is 25.5 Å². The predicted octanol–water partition coefficient (Wildman–Crippen LogP) is 1.91. The molecule has 0 bridgehead atoms. The van der Waals surface area contributed by atoms with Crippen molar-refractivity contribution in [1.29, 1.82) is 0 Å². The predicted molar refractivity (Wildman–Crippen MR) is 75.4 cm³/mol. The molecular weight excluding hydrogens is 256 g/mol. The topological polar surface area (TPSA) is 60.5 Å². The Morgan fingerprint density at radius 2 is 2.15 bits per heavy atom. The van der Waals surface area contributed by atoms with E-state index in [1.54, 1.807) is 6.07 Å². The van der Waals surface area contributed by atoms with Crippen molar-refractivity contribution in [1.82, 2.24) is 10.3 Å². The van der Waals surface area contributed by atoms with Gasteiger partial charge in [0.05, 0.1) is 13.2 Å². The molecule has 2 heterocycles. The quantitative estimate of drug-likeness (QED) is 0.893. The average Bonchev–Trinajstić information content (AvgIpc) is 2.82. The first-order valence-electron chi connectivity index (χ1n) is 6.98. The Morgan fingerprint density at radius 1 is 1.45 bits per heavy atom. The summed E-state index contributed by atoms with van der Waals surface area (Å²) in [6, 6.07) is 5.43. The van der Waals surface area contributed by atoms with Gasteiger partial charge in [-0.25, -0.2) is 4.98 Å². The molecule has 1 aromatic heterocycles. The van der Waals surface area contributed by atoms with Gasteiger partial charge in [-0.15, -0.1) is 0 Å². The number of rotatable bonds is 5. The Morgan fingerprint density at radius 3 is 2.80 bits per heavy atom. The third-order valence-electron chi connectivity index (χ3n) is 3.35. The zero-order chi connectivity index (χ0) is 14.6. The standard InChI is InChI=1S/C15H22N2O3/c1-11(9-15(3)19-7-8-20-15)10-16-14(18)13-6-4-5-12(2)17-13/h4-6,11H,7-10H2,1-3H3,(H,16,18)/t11-/m0/s1. The van der Waals surface area contributed by atoms with Gasteiger partial charge in [0, 0.05) is 18.7 Å². The Hall–Kier alpha value is -1.46. The number of ether oxygens (including phenoxy) is 2. The summed E-state index contributed by atoms with van der Waals surface area (Å²) >= 11 is 0. The van der Waals surface area contributed by atoms with Crippen LogP contribution in [0.25, 0.3) is 0 Å². The zero-order valence-corrected chi connectivity index (χ0v) is 12.3. The number of carbonyl (C=O) groups excluding carboxylic acids is 1. The van der Waals surface area contributed by atoms with Crippen LogP contribution in [-0.4, -0.2) is 36.4 Å². The summed E-state index contributed by atoms with van der Waals surface area (Å²) in [4.78, 5) is 16.2. The van der Waals surface area contributed by atoms with Crippen LogP contribution in [0.1, 0.15) is 36.5 Å². The van der Waals surface area contributed by atoms with Crippen molar-refractivity contribution in [2.45, 2.75) is 33.0 Å². The molecule has 1 N–H and O–H groups in total. The molecule has 0 saturated carbocycles. The van der Waals surface area contributed by atoms with Gasteiger partial charge in [0.1, 0.15) is 5.69 Å². The summed E-state index contributed by atoms with van der Waals surface area (Å²) < 4.78 is 11.1. The fraction of sp³-hybridized carbons (Fsp3) is 0.600. The number of amides is 1. The normalized spacial score (nSPS) is 18.8. The van der Waals surface area contributed by atoms with Gasteiger partial charge >= 0.3 is 0 Å². The smallest absolute Gasteiger partial charge is 0.269 e. The number of hydrogen-bond donors (Lipinski definition) is 1. The maximum Gasteiger partial charge on any atom is 0.269 e. The summed E-state index contributed by atoms with van der Waals surface area (Å²) in [6.45, 7) is 7.75. The number of nitrogens with one attached hydrogen (secondary N) is 1. The first kappa shape index (κ1) is 14.9. The largest absolute Gasteiger partial charge is 0.350 e. The van der Waals surface area contributed by atoms with Crippen LogP contribution in [0.4, 0.5) is 0 Å². The van der Waals surface area contributed by atoms with Crippen LogP contribution < -0.4 is 5.32 Å². The molecule has 0 aromatic carbocycles. The molecule has 20 heavy (non-hydrogen) atoms. The van der Waals surface area contributed by atoms with Crippen LogP contribution in [0.2, 0.25) is 0 Å². The fourth-order valence-corrected chi connectivity index (χ4v) is 2.41. The Kier molecular flexibility index (Phi) is 4.73. The second kappa shape index (κ2) is 6.33. The van der Waals surface area contributed by atoms with E-state index in [2.05, 4.69) is 17.2 Å². The van der Waals surface area contributed by atoms with Crippen molar-refractivity contribution in [3.05, 3.63) is 29.6 Å². The second-order valence-corrected chi connectivity index (χ2v) is 5.51. The number of nitrogens with zero attached hydrogens (tertiary/aromatic N) is 1. The lowest BCUT2D eigenvalue weighted by Crippen LogP contribution is -2.34.